The molecular formula is C10H7BrF3N3. The van der Waals surface area contributed by atoms with E-state index in [0.29, 0.717) is 17.6 Å². The summed E-state index contributed by atoms with van der Waals surface area (Å²) in [5.74, 6) is 0.473. The third-order valence-corrected chi connectivity index (χ3v) is 2.76. The van der Waals surface area contributed by atoms with Crippen LogP contribution < -0.4 is 0 Å². The van der Waals surface area contributed by atoms with Crippen LogP contribution in [0.4, 0.5) is 13.2 Å². The van der Waals surface area contributed by atoms with Crippen LogP contribution in [0.2, 0.25) is 0 Å². The molecule has 0 saturated carbocycles. The lowest BCUT2D eigenvalue weighted by atomic mass is 10.3. The zero-order chi connectivity index (χ0) is 12.6. The van der Waals surface area contributed by atoms with Gasteiger partial charge in [0.25, 0.3) is 0 Å². The van der Waals surface area contributed by atoms with Crippen molar-refractivity contribution in [3.05, 3.63) is 28.3 Å². The third kappa shape index (κ3) is 2.38. The first-order valence-corrected chi connectivity index (χ1v) is 5.60. The zero-order valence-corrected chi connectivity index (χ0v) is 10.3. The molecule has 0 bridgehead atoms. The summed E-state index contributed by atoms with van der Waals surface area (Å²) in [5.41, 5.74) is -0.905. The fourth-order valence-electron chi connectivity index (χ4n) is 1.34. The fourth-order valence-corrected chi connectivity index (χ4v) is 1.90. The second-order valence-corrected chi connectivity index (χ2v) is 4.22. The SMILES string of the molecule is CCc1ncc2cc(Br)c(C(F)(F)F)nc2n1. The van der Waals surface area contributed by atoms with Gasteiger partial charge in [0.15, 0.2) is 11.3 Å². The van der Waals surface area contributed by atoms with E-state index in [9.17, 15) is 13.2 Å². The minimum absolute atomic E-state index is 0.0624. The summed E-state index contributed by atoms with van der Waals surface area (Å²) in [7, 11) is 0. The van der Waals surface area contributed by atoms with E-state index in [2.05, 4.69) is 30.9 Å². The molecule has 0 atom stereocenters. The number of alkyl halides is 3. The summed E-state index contributed by atoms with van der Waals surface area (Å²) in [5, 5.41) is 0.474. The van der Waals surface area contributed by atoms with Gasteiger partial charge in [0, 0.05) is 22.5 Å². The lowest BCUT2D eigenvalue weighted by Gasteiger charge is -2.09. The smallest absolute Gasteiger partial charge is 0.241 e. The number of pyridine rings is 1. The van der Waals surface area contributed by atoms with E-state index < -0.39 is 11.9 Å². The van der Waals surface area contributed by atoms with E-state index in [0.717, 1.165) is 0 Å². The molecule has 0 spiro atoms. The first kappa shape index (κ1) is 12.2. The Bertz CT molecular complexity index is 568. The summed E-state index contributed by atoms with van der Waals surface area (Å²) in [6.07, 6.45) is -2.47. The van der Waals surface area contributed by atoms with Gasteiger partial charge in [-0.05, 0) is 22.0 Å². The van der Waals surface area contributed by atoms with Crippen LogP contribution >= 0.6 is 15.9 Å². The Labute approximate surface area is 103 Å². The first-order chi connectivity index (χ1) is 7.91. The van der Waals surface area contributed by atoms with Crippen molar-refractivity contribution in [3.63, 3.8) is 0 Å². The summed E-state index contributed by atoms with van der Waals surface area (Å²) in [6, 6.07) is 1.32. The summed E-state index contributed by atoms with van der Waals surface area (Å²) < 4.78 is 37.8. The summed E-state index contributed by atoms with van der Waals surface area (Å²) >= 11 is 2.85. The predicted octanol–water partition coefficient (Wildman–Crippen LogP) is 3.37. The molecule has 7 heteroatoms. The quantitative estimate of drug-likeness (QED) is 0.811. The normalized spacial score (nSPS) is 12.1. The van der Waals surface area contributed by atoms with Gasteiger partial charge < -0.3 is 0 Å². The van der Waals surface area contributed by atoms with E-state index in [1.54, 1.807) is 0 Å². The lowest BCUT2D eigenvalue weighted by molar-refractivity contribution is -0.141. The van der Waals surface area contributed by atoms with Gasteiger partial charge in [0.2, 0.25) is 0 Å². The number of aryl methyl sites for hydroxylation is 1. The van der Waals surface area contributed by atoms with Crippen LogP contribution in [-0.2, 0) is 12.6 Å². The number of nitrogens with zero attached hydrogens (tertiary/aromatic N) is 3. The molecule has 0 saturated heterocycles. The molecule has 2 heterocycles. The number of hydrogen-bond donors (Lipinski definition) is 0. The van der Waals surface area contributed by atoms with E-state index in [1.807, 2.05) is 6.92 Å². The van der Waals surface area contributed by atoms with Gasteiger partial charge in [-0.15, -0.1) is 0 Å². The Hall–Kier alpha value is -1.24. The molecule has 3 nitrogen and oxygen atoms in total. The minimum atomic E-state index is -4.50. The third-order valence-electron chi connectivity index (χ3n) is 2.16. The number of hydrogen-bond acceptors (Lipinski definition) is 3. The van der Waals surface area contributed by atoms with E-state index >= 15 is 0 Å². The van der Waals surface area contributed by atoms with Crippen molar-refractivity contribution >= 4 is 27.0 Å². The van der Waals surface area contributed by atoms with Crippen LogP contribution in [0.1, 0.15) is 18.4 Å². The van der Waals surface area contributed by atoms with Crippen molar-refractivity contribution in [1.82, 2.24) is 15.0 Å². The maximum absolute atomic E-state index is 12.6. The maximum atomic E-state index is 12.6. The number of rotatable bonds is 1. The molecule has 17 heavy (non-hydrogen) atoms. The monoisotopic (exact) mass is 305 g/mol. The Morgan fingerprint density at radius 2 is 2.00 bits per heavy atom. The Morgan fingerprint density at radius 3 is 2.59 bits per heavy atom. The Kier molecular flexibility index (Phi) is 3.03. The number of halogens is 4. The molecule has 0 fully saturated rings. The van der Waals surface area contributed by atoms with Crippen molar-refractivity contribution in [1.29, 1.82) is 0 Å². The molecule has 2 rings (SSSR count). The molecule has 0 unspecified atom stereocenters. The predicted molar refractivity (Wildman–Crippen MR) is 59.4 cm³/mol. The van der Waals surface area contributed by atoms with Crippen LogP contribution in [0.15, 0.2) is 16.7 Å². The average molecular weight is 306 g/mol. The molecule has 2 aromatic heterocycles. The average Bonchev–Trinajstić information content (AvgIpc) is 2.26. The van der Waals surface area contributed by atoms with E-state index in [-0.39, 0.29) is 10.1 Å². The van der Waals surface area contributed by atoms with Crippen molar-refractivity contribution in [3.8, 4) is 0 Å². The van der Waals surface area contributed by atoms with Gasteiger partial charge in [0.05, 0.1) is 0 Å². The molecule has 90 valence electrons. The molecule has 0 aliphatic carbocycles. The maximum Gasteiger partial charge on any atom is 0.434 e. The second kappa shape index (κ2) is 4.21. The number of fused-ring (bicyclic) bond motifs is 1. The molecule has 0 radical (unpaired) electrons. The van der Waals surface area contributed by atoms with Gasteiger partial charge in [0.1, 0.15) is 5.82 Å². The molecule has 0 N–H and O–H groups in total. The highest BCUT2D eigenvalue weighted by Gasteiger charge is 2.35. The zero-order valence-electron chi connectivity index (χ0n) is 8.72. The lowest BCUT2D eigenvalue weighted by Crippen LogP contribution is -2.10. The van der Waals surface area contributed by atoms with E-state index in [1.165, 1.54) is 12.3 Å². The van der Waals surface area contributed by atoms with Gasteiger partial charge in [-0.3, -0.25) is 0 Å². The molecule has 0 amide bonds. The van der Waals surface area contributed by atoms with E-state index in [4.69, 9.17) is 0 Å². The van der Waals surface area contributed by atoms with Crippen LogP contribution in [0.25, 0.3) is 11.0 Å². The highest BCUT2D eigenvalue weighted by Crippen LogP contribution is 2.34. The topological polar surface area (TPSA) is 38.7 Å². The van der Waals surface area contributed by atoms with Crippen LogP contribution in [0, 0.1) is 0 Å². The Balaban J connectivity index is 2.69. The molecule has 0 aliphatic rings. The van der Waals surface area contributed by atoms with Gasteiger partial charge in [-0.1, -0.05) is 6.92 Å². The standard InChI is InChI=1S/C10H7BrF3N3/c1-2-7-15-4-5-3-6(11)8(10(12,13)14)17-9(5)16-7/h3-4H,2H2,1H3. The molecule has 0 aliphatic heterocycles. The summed E-state index contributed by atoms with van der Waals surface area (Å²) in [4.78, 5) is 11.5. The minimum Gasteiger partial charge on any atom is -0.241 e. The largest absolute Gasteiger partial charge is 0.434 e. The van der Waals surface area contributed by atoms with Crippen molar-refractivity contribution in [2.75, 3.05) is 0 Å². The van der Waals surface area contributed by atoms with Gasteiger partial charge in [-0.2, -0.15) is 13.2 Å². The van der Waals surface area contributed by atoms with Crippen LogP contribution in [0.3, 0.4) is 0 Å². The Morgan fingerprint density at radius 1 is 1.29 bits per heavy atom. The molecule has 0 aromatic carbocycles. The van der Waals surface area contributed by atoms with Crippen molar-refractivity contribution < 1.29 is 13.2 Å². The van der Waals surface area contributed by atoms with Crippen molar-refractivity contribution in [2.24, 2.45) is 0 Å². The highest BCUT2D eigenvalue weighted by atomic mass is 79.9. The summed E-state index contributed by atoms with van der Waals surface area (Å²) in [6.45, 7) is 1.82. The molecule has 2 aromatic rings. The van der Waals surface area contributed by atoms with Crippen LogP contribution in [0.5, 0.6) is 0 Å². The van der Waals surface area contributed by atoms with Gasteiger partial charge in [-0.25, -0.2) is 15.0 Å². The first-order valence-electron chi connectivity index (χ1n) is 4.81. The van der Waals surface area contributed by atoms with Crippen molar-refractivity contribution in [2.45, 2.75) is 19.5 Å². The fraction of sp³-hybridized carbons (Fsp3) is 0.300. The number of aromatic nitrogens is 3. The molecular weight excluding hydrogens is 299 g/mol. The second-order valence-electron chi connectivity index (χ2n) is 3.37. The van der Waals surface area contributed by atoms with Gasteiger partial charge >= 0.3 is 6.18 Å². The highest BCUT2D eigenvalue weighted by molar-refractivity contribution is 9.10. The van der Waals surface area contributed by atoms with Crippen LogP contribution in [-0.4, -0.2) is 15.0 Å².